The Morgan fingerprint density at radius 1 is 1.33 bits per heavy atom. The fourth-order valence-electron chi connectivity index (χ4n) is 1.91. The van der Waals surface area contributed by atoms with E-state index in [1.165, 1.54) is 0 Å². The second-order valence-electron chi connectivity index (χ2n) is 4.50. The quantitative estimate of drug-likeness (QED) is 0.642. The molecule has 0 aliphatic heterocycles. The molecule has 18 heavy (non-hydrogen) atoms. The van der Waals surface area contributed by atoms with E-state index < -0.39 is 0 Å². The summed E-state index contributed by atoms with van der Waals surface area (Å²) in [4.78, 5) is 4.57. The number of hydrazine groups is 1. The first-order chi connectivity index (χ1) is 8.63. The minimum atomic E-state index is 0.152. The molecule has 1 heterocycles. The first kappa shape index (κ1) is 12.6. The van der Waals surface area contributed by atoms with E-state index in [1.807, 2.05) is 38.1 Å². The largest absolute Gasteiger partial charge is 0.491 e. The van der Waals surface area contributed by atoms with E-state index >= 15 is 0 Å². The zero-order valence-electron chi connectivity index (χ0n) is 11.0. The van der Waals surface area contributed by atoms with Crippen LogP contribution in [-0.4, -0.2) is 11.1 Å². The maximum Gasteiger partial charge on any atom is 0.120 e. The Balaban J connectivity index is 2.54. The van der Waals surface area contributed by atoms with Gasteiger partial charge in [0.1, 0.15) is 5.75 Å². The molecule has 0 bridgehead atoms. The summed E-state index contributed by atoms with van der Waals surface area (Å²) >= 11 is 0. The molecule has 2 aromatic rings. The summed E-state index contributed by atoms with van der Waals surface area (Å²) < 4.78 is 5.68. The van der Waals surface area contributed by atoms with E-state index in [0.717, 1.165) is 34.5 Å². The third-order valence-corrected chi connectivity index (χ3v) is 2.72. The highest BCUT2D eigenvalue weighted by Crippen LogP contribution is 2.27. The molecule has 0 unspecified atom stereocenters. The average Bonchev–Trinajstić information content (AvgIpc) is 2.36. The van der Waals surface area contributed by atoms with Gasteiger partial charge in [-0.3, -0.25) is 10.8 Å². The third kappa shape index (κ3) is 2.54. The molecule has 0 spiro atoms. The third-order valence-electron chi connectivity index (χ3n) is 2.72. The van der Waals surface area contributed by atoms with Crippen molar-refractivity contribution >= 4 is 16.6 Å². The molecular weight excluding hydrogens is 226 g/mol. The molecule has 1 aromatic heterocycles. The Hall–Kier alpha value is -1.81. The van der Waals surface area contributed by atoms with E-state index in [1.54, 1.807) is 0 Å². The van der Waals surface area contributed by atoms with Crippen LogP contribution in [0.25, 0.3) is 10.9 Å². The number of hydrogen-bond acceptors (Lipinski definition) is 4. The van der Waals surface area contributed by atoms with E-state index in [4.69, 9.17) is 10.6 Å². The molecular formula is C14H19N3O. The molecule has 0 radical (unpaired) electrons. The van der Waals surface area contributed by atoms with Gasteiger partial charge in [0.25, 0.3) is 0 Å². The molecule has 3 N–H and O–H groups in total. The van der Waals surface area contributed by atoms with Crippen molar-refractivity contribution in [1.82, 2.24) is 4.98 Å². The molecule has 0 amide bonds. The van der Waals surface area contributed by atoms with Crippen LogP contribution in [0.5, 0.6) is 5.75 Å². The van der Waals surface area contributed by atoms with Crippen molar-refractivity contribution < 1.29 is 4.74 Å². The van der Waals surface area contributed by atoms with Gasteiger partial charge in [0.05, 0.1) is 17.3 Å². The van der Waals surface area contributed by atoms with Gasteiger partial charge in [-0.1, -0.05) is 6.92 Å². The number of nitrogens with two attached hydrogens (primary N) is 1. The van der Waals surface area contributed by atoms with Crippen LogP contribution >= 0.6 is 0 Å². The highest BCUT2D eigenvalue weighted by Gasteiger charge is 2.06. The standard InChI is InChI=1S/C14H19N3O/c1-4-10-7-14(17-15)12-8-11(18-9(2)3)5-6-13(12)16-10/h5-9H,4,15H2,1-3H3,(H,16,17). The SMILES string of the molecule is CCc1cc(NN)c2cc(OC(C)C)ccc2n1. The smallest absolute Gasteiger partial charge is 0.120 e. The summed E-state index contributed by atoms with van der Waals surface area (Å²) in [6, 6.07) is 7.85. The molecule has 0 saturated heterocycles. The van der Waals surface area contributed by atoms with Gasteiger partial charge in [-0.2, -0.15) is 0 Å². The zero-order valence-corrected chi connectivity index (χ0v) is 11.0. The van der Waals surface area contributed by atoms with Gasteiger partial charge in [0, 0.05) is 11.1 Å². The number of ether oxygens (including phenoxy) is 1. The van der Waals surface area contributed by atoms with Crippen molar-refractivity contribution in [3.63, 3.8) is 0 Å². The summed E-state index contributed by atoms with van der Waals surface area (Å²) in [6.07, 6.45) is 1.04. The van der Waals surface area contributed by atoms with Crippen LogP contribution in [-0.2, 0) is 6.42 Å². The highest BCUT2D eigenvalue weighted by atomic mass is 16.5. The Bertz CT molecular complexity index is 552. The molecule has 1 aromatic carbocycles. The predicted molar refractivity (Wildman–Crippen MR) is 74.7 cm³/mol. The first-order valence-corrected chi connectivity index (χ1v) is 6.21. The van der Waals surface area contributed by atoms with Crippen molar-refractivity contribution in [2.24, 2.45) is 5.84 Å². The molecule has 0 aliphatic carbocycles. The van der Waals surface area contributed by atoms with Gasteiger partial charge in [-0.05, 0) is 44.5 Å². The van der Waals surface area contributed by atoms with Gasteiger partial charge in [-0.15, -0.1) is 0 Å². The second kappa shape index (κ2) is 5.23. The lowest BCUT2D eigenvalue weighted by Crippen LogP contribution is -2.09. The lowest BCUT2D eigenvalue weighted by atomic mass is 10.1. The monoisotopic (exact) mass is 245 g/mol. The molecule has 0 atom stereocenters. The lowest BCUT2D eigenvalue weighted by molar-refractivity contribution is 0.243. The maximum absolute atomic E-state index is 5.68. The molecule has 4 nitrogen and oxygen atoms in total. The van der Waals surface area contributed by atoms with Gasteiger partial charge < -0.3 is 10.2 Å². The number of nitrogens with one attached hydrogen (secondary N) is 1. The van der Waals surface area contributed by atoms with Gasteiger partial charge >= 0.3 is 0 Å². The summed E-state index contributed by atoms with van der Waals surface area (Å²) in [5.41, 5.74) is 5.56. The minimum absolute atomic E-state index is 0.152. The number of aryl methyl sites for hydroxylation is 1. The number of hydrogen-bond donors (Lipinski definition) is 2. The fourth-order valence-corrected chi connectivity index (χ4v) is 1.91. The Kier molecular flexibility index (Phi) is 3.67. The molecule has 0 saturated carbocycles. The van der Waals surface area contributed by atoms with Gasteiger partial charge in [0.2, 0.25) is 0 Å². The van der Waals surface area contributed by atoms with E-state index in [2.05, 4.69) is 17.3 Å². The van der Waals surface area contributed by atoms with Gasteiger partial charge in [0.15, 0.2) is 0 Å². The molecule has 4 heteroatoms. The van der Waals surface area contributed by atoms with Crippen LogP contribution in [0.2, 0.25) is 0 Å². The highest BCUT2D eigenvalue weighted by molar-refractivity contribution is 5.92. The topological polar surface area (TPSA) is 60.2 Å². The summed E-state index contributed by atoms with van der Waals surface area (Å²) in [7, 11) is 0. The molecule has 2 rings (SSSR count). The van der Waals surface area contributed by atoms with E-state index in [9.17, 15) is 0 Å². The Labute approximate surface area is 107 Å². The van der Waals surface area contributed by atoms with Crippen LogP contribution in [0.15, 0.2) is 24.3 Å². The van der Waals surface area contributed by atoms with Crippen LogP contribution < -0.4 is 16.0 Å². The fraction of sp³-hybridized carbons (Fsp3) is 0.357. The number of benzene rings is 1. The van der Waals surface area contributed by atoms with E-state index in [0.29, 0.717) is 0 Å². The molecule has 96 valence electrons. The van der Waals surface area contributed by atoms with Crippen molar-refractivity contribution in [3.05, 3.63) is 30.0 Å². The van der Waals surface area contributed by atoms with Crippen molar-refractivity contribution in [1.29, 1.82) is 0 Å². The van der Waals surface area contributed by atoms with Crippen LogP contribution in [0.1, 0.15) is 26.5 Å². The average molecular weight is 245 g/mol. The Morgan fingerprint density at radius 3 is 2.72 bits per heavy atom. The van der Waals surface area contributed by atoms with Crippen molar-refractivity contribution in [2.75, 3.05) is 5.43 Å². The normalized spacial score (nSPS) is 10.9. The Morgan fingerprint density at radius 2 is 2.11 bits per heavy atom. The minimum Gasteiger partial charge on any atom is -0.491 e. The zero-order chi connectivity index (χ0) is 13.1. The molecule has 0 fully saturated rings. The predicted octanol–water partition coefficient (Wildman–Crippen LogP) is 2.87. The van der Waals surface area contributed by atoms with Crippen molar-refractivity contribution in [3.8, 4) is 5.75 Å². The van der Waals surface area contributed by atoms with E-state index in [-0.39, 0.29) is 6.10 Å². The maximum atomic E-state index is 5.68. The van der Waals surface area contributed by atoms with Crippen LogP contribution in [0.4, 0.5) is 5.69 Å². The summed E-state index contributed by atoms with van der Waals surface area (Å²) in [6.45, 7) is 6.08. The number of nitrogens with zero attached hydrogens (tertiary/aromatic N) is 1. The van der Waals surface area contributed by atoms with Crippen LogP contribution in [0.3, 0.4) is 0 Å². The number of fused-ring (bicyclic) bond motifs is 1. The number of aromatic nitrogens is 1. The second-order valence-corrected chi connectivity index (χ2v) is 4.50. The number of rotatable bonds is 4. The van der Waals surface area contributed by atoms with Gasteiger partial charge in [-0.25, -0.2) is 0 Å². The first-order valence-electron chi connectivity index (χ1n) is 6.21. The number of nitrogen functional groups attached to an aromatic ring is 1. The van der Waals surface area contributed by atoms with Crippen LogP contribution in [0, 0.1) is 0 Å². The number of pyridine rings is 1. The summed E-state index contributed by atoms with van der Waals surface area (Å²) in [5.74, 6) is 6.41. The lowest BCUT2D eigenvalue weighted by Gasteiger charge is -2.12. The summed E-state index contributed by atoms with van der Waals surface area (Å²) in [5, 5.41) is 0.979. The number of anilines is 1. The van der Waals surface area contributed by atoms with Crippen molar-refractivity contribution in [2.45, 2.75) is 33.3 Å². The molecule has 0 aliphatic rings.